The molecule has 0 radical (unpaired) electrons. The smallest absolute Gasteiger partial charge is 0.417 e. The molecule has 2 N–H and O–H groups in total. The van der Waals surface area contributed by atoms with Gasteiger partial charge in [-0.15, -0.1) is 24.0 Å². The zero-order valence-corrected chi connectivity index (χ0v) is 16.5. The molecule has 0 saturated carbocycles. The zero-order chi connectivity index (χ0) is 16.9. The Labute approximate surface area is 164 Å². The highest BCUT2D eigenvalue weighted by Crippen LogP contribution is 2.32. The van der Waals surface area contributed by atoms with Crippen molar-refractivity contribution in [1.82, 2.24) is 9.88 Å². The molecule has 2 rings (SSSR count). The molecule has 1 aromatic heterocycles. The lowest BCUT2D eigenvalue weighted by Crippen LogP contribution is -2.42. The van der Waals surface area contributed by atoms with Gasteiger partial charge in [0.15, 0.2) is 5.96 Å². The van der Waals surface area contributed by atoms with Crippen LogP contribution in [0.25, 0.3) is 0 Å². The average molecular weight is 497 g/mol. The number of pyridine rings is 1. The number of nitrogens with two attached hydrogens (primary N) is 1. The first-order chi connectivity index (χ1) is 10.9. The third-order valence-corrected chi connectivity index (χ3v) is 4.29. The van der Waals surface area contributed by atoms with Gasteiger partial charge in [0.05, 0.1) is 12.1 Å². The standard InChI is InChI=1S/C13H16ClF3N4OS.HI/c14-10-7-9(13(15,16)17)8-20-11(10)22-4-1-19-12(18)21-2-5-23-6-3-21;/h7-8H,1-6H2,(H2,18,19);1H. The van der Waals surface area contributed by atoms with Gasteiger partial charge in [0, 0.05) is 30.8 Å². The lowest BCUT2D eigenvalue weighted by atomic mass is 10.3. The number of aliphatic imine (C=N–C) groups is 1. The molecule has 1 aromatic rings. The zero-order valence-electron chi connectivity index (χ0n) is 12.6. The molecule has 0 unspecified atom stereocenters. The van der Waals surface area contributed by atoms with Crippen LogP contribution in [-0.2, 0) is 6.18 Å². The predicted octanol–water partition coefficient (Wildman–Crippen LogP) is 3.11. The number of halogens is 5. The van der Waals surface area contributed by atoms with E-state index in [0.29, 0.717) is 12.2 Å². The maximum atomic E-state index is 12.5. The quantitative estimate of drug-likeness (QED) is 0.300. The molecule has 0 amide bonds. The van der Waals surface area contributed by atoms with Gasteiger partial charge in [-0.1, -0.05) is 11.6 Å². The van der Waals surface area contributed by atoms with E-state index in [1.165, 1.54) is 0 Å². The predicted molar refractivity (Wildman–Crippen MR) is 101 cm³/mol. The van der Waals surface area contributed by atoms with Crippen LogP contribution in [0.4, 0.5) is 13.2 Å². The molecule has 11 heteroatoms. The summed E-state index contributed by atoms with van der Waals surface area (Å²) in [5.74, 6) is 2.42. The first-order valence-corrected chi connectivity index (χ1v) is 8.39. The van der Waals surface area contributed by atoms with Crippen molar-refractivity contribution < 1.29 is 17.9 Å². The molecule has 0 spiro atoms. The van der Waals surface area contributed by atoms with Crippen LogP contribution in [0.15, 0.2) is 17.3 Å². The topological polar surface area (TPSA) is 63.7 Å². The van der Waals surface area contributed by atoms with E-state index < -0.39 is 11.7 Å². The Bertz CT molecular complexity index is 571. The molecule has 2 heterocycles. The highest BCUT2D eigenvalue weighted by Gasteiger charge is 2.31. The number of thioether (sulfide) groups is 1. The molecule has 1 fully saturated rings. The highest BCUT2D eigenvalue weighted by atomic mass is 127. The number of guanidine groups is 1. The van der Waals surface area contributed by atoms with Gasteiger partial charge in [-0.2, -0.15) is 24.9 Å². The summed E-state index contributed by atoms with van der Waals surface area (Å²) in [4.78, 5) is 9.75. The highest BCUT2D eigenvalue weighted by molar-refractivity contribution is 14.0. The van der Waals surface area contributed by atoms with Crippen molar-refractivity contribution in [3.63, 3.8) is 0 Å². The number of rotatable bonds is 4. The van der Waals surface area contributed by atoms with Gasteiger partial charge in [0.2, 0.25) is 5.88 Å². The number of aromatic nitrogens is 1. The Kier molecular flexibility index (Phi) is 8.71. The van der Waals surface area contributed by atoms with Crippen molar-refractivity contribution in [3.05, 3.63) is 22.8 Å². The van der Waals surface area contributed by atoms with E-state index in [4.69, 9.17) is 22.1 Å². The summed E-state index contributed by atoms with van der Waals surface area (Å²) < 4.78 is 42.7. The van der Waals surface area contributed by atoms with Crippen molar-refractivity contribution in [1.29, 1.82) is 0 Å². The summed E-state index contributed by atoms with van der Waals surface area (Å²) in [7, 11) is 0. The fourth-order valence-corrected chi connectivity index (χ4v) is 3.01. The Morgan fingerprint density at radius 3 is 2.67 bits per heavy atom. The summed E-state index contributed by atoms with van der Waals surface area (Å²) in [6.07, 6.45) is -3.80. The first kappa shape index (κ1) is 21.4. The molecule has 0 bridgehead atoms. The van der Waals surface area contributed by atoms with Crippen LogP contribution >= 0.6 is 47.3 Å². The van der Waals surface area contributed by atoms with Crippen LogP contribution in [0.2, 0.25) is 5.02 Å². The molecule has 0 aromatic carbocycles. The second-order valence-electron chi connectivity index (χ2n) is 4.70. The number of hydrogen-bond acceptors (Lipinski definition) is 4. The van der Waals surface area contributed by atoms with Crippen molar-refractivity contribution in [2.75, 3.05) is 37.7 Å². The molecule has 1 aliphatic rings. The summed E-state index contributed by atoms with van der Waals surface area (Å²) in [6.45, 7) is 2.11. The molecule has 0 atom stereocenters. The molecule has 1 aliphatic heterocycles. The second kappa shape index (κ2) is 9.76. The monoisotopic (exact) mass is 496 g/mol. The minimum absolute atomic E-state index is 0. The maximum absolute atomic E-state index is 12.5. The fraction of sp³-hybridized carbons (Fsp3) is 0.538. The molecule has 1 saturated heterocycles. The summed E-state index contributed by atoms with van der Waals surface area (Å²) in [5, 5.41) is -0.190. The summed E-state index contributed by atoms with van der Waals surface area (Å²) >= 11 is 7.61. The van der Waals surface area contributed by atoms with Gasteiger partial charge >= 0.3 is 6.18 Å². The van der Waals surface area contributed by atoms with Gasteiger partial charge < -0.3 is 15.4 Å². The second-order valence-corrected chi connectivity index (χ2v) is 6.33. The molecule has 5 nitrogen and oxygen atoms in total. The van der Waals surface area contributed by atoms with Crippen LogP contribution in [0.1, 0.15) is 5.56 Å². The van der Waals surface area contributed by atoms with Crippen molar-refractivity contribution >= 4 is 53.3 Å². The summed E-state index contributed by atoms with van der Waals surface area (Å²) in [5.41, 5.74) is 4.95. The number of nitrogens with zero attached hydrogens (tertiary/aromatic N) is 3. The normalized spacial score (nSPS) is 15.8. The Morgan fingerprint density at radius 2 is 2.08 bits per heavy atom. The lowest BCUT2D eigenvalue weighted by molar-refractivity contribution is -0.137. The van der Waals surface area contributed by atoms with Crippen molar-refractivity contribution in [3.8, 4) is 5.88 Å². The third kappa shape index (κ3) is 6.36. The van der Waals surface area contributed by atoms with Gasteiger partial charge in [-0.05, 0) is 6.07 Å². The summed E-state index contributed by atoms with van der Waals surface area (Å²) in [6, 6.07) is 0.785. The van der Waals surface area contributed by atoms with Crippen LogP contribution in [0, 0.1) is 0 Å². The molecule has 0 aliphatic carbocycles. The largest absolute Gasteiger partial charge is 0.475 e. The minimum Gasteiger partial charge on any atom is -0.475 e. The van der Waals surface area contributed by atoms with E-state index in [9.17, 15) is 13.2 Å². The Hall–Kier alpha value is -0.620. The van der Waals surface area contributed by atoms with Gasteiger partial charge in [0.25, 0.3) is 0 Å². The van der Waals surface area contributed by atoms with Crippen LogP contribution in [0.5, 0.6) is 5.88 Å². The fourth-order valence-electron chi connectivity index (χ4n) is 1.88. The molecular formula is C13H17ClF3IN4OS. The van der Waals surface area contributed by atoms with E-state index in [1.807, 2.05) is 16.7 Å². The van der Waals surface area contributed by atoms with Gasteiger partial charge in [0.1, 0.15) is 11.6 Å². The van der Waals surface area contributed by atoms with E-state index in [0.717, 1.165) is 30.7 Å². The van der Waals surface area contributed by atoms with Gasteiger partial charge in [-0.3, -0.25) is 0 Å². The first-order valence-electron chi connectivity index (χ1n) is 6.86. The Morgan fingerprint density at radius 1 is 1.42 bits per heavy atom. The van der Waals surface area contributed by atoms with E-state index in [2.05, 4.69) is 9.98 Å². The van der Waals surface area contributed by atoms with Crippen molar-refractivity contribution in [2.24, 2.45) is 10.7 Å². The number of hydrogen-bond donors (Lipinski definition) is 1. The third-order valence-electron chi connectivity index (χ3n) is 3.07. The van der Waals surface area contributed by atoms with Crippen LogP contribution in [-0.4, -0.2) is 53.6 Å². The number of ether oxygens (including phenoxy) is 1. The molecular weight excluding hydrogens is 480 g/mol. The number of alkyl halides is 3. The SMILES string of the molecule is I.NC(=NCCOc1ncc(C(F)(F)F)cc1Cl)N1CCSCC1. The molecule has 24 heavy (non-hydrogen) atoms. The molecule has 136 valence electrons. The average Bonchev–Trinajstić information content (AvgIpc) is 2.52. The van der Waals surface area contributed by atoms with Crippen molar-refractivity contribution in [2.45, 2.75) is 6.18 Å². The van der Waals surface area contributed by atoms with E-state index >= 15 is 0 Å². The lowest BCUT2D eigenvalue weighted by Gasteiger charge is -2.27. The van der Waals surface area contributed by atoms with E-state index in [-0.39, 0.29) is 48.0 Å². The van der Waals surface area contributed by atoms with Crippen LogP contribution < -0.4 is 10.5 Å². The minimum atomic E-state index is -4.49. The van der Waals surface area contributed by atoms with Crippen LogP contribution in [0.3, 0.4) is 0 Å². The van der Waals surface area contributed by atoms with E-state index in [1.54, 1.807) is 0 Å². The maximum Gasteiger partial charge on any atom is 0.417 e. The Balaban J connectivity index is 0.00000288. The van der Waals surface area contributed by atoms with Gasteiger partial charge in [-0.25, -0.2) is 9.98 Å².